The summed E-state index contributed by atoms with van der Waals surface area (Å²) in [5.74, 6) is 0. The molecule has 1 nitrogen and oxygen atoms in total. The molecule has 27 heavy (non-hydrogen) atoms. The normalized spacial score (nSPS) is 17.3. The Morgan fingerprint density at radius 1 is 0.778 bits per heavy atom. The molecule has 0 radical (unpaired) electrons. The number of hydrogen-bond acceptors (Lipinski definition) is 2. The molecule has 0 N–H and O–H groups in total. The van der Waals surface area contributed by atoms with Crippen LogP contribution in [-0.4, -0.2) is 22.9 Å². The quantitative estimate of drug-likeness (QED) is 0.489. The highest BCUT2D eigenvalue weighted by molar-refractivity contribution is 8.22. The third-order valence-electron chi connectivity index (χ3n) is 3.84. The SMILES string of the molecule is FC(F)(F)C1(C(F)(F)F)C=C(c2ccc(Cl)cc2)SC(c2ccccc2)=N1. The van der Waals surface area contributed by atoms with Gasteiger partial charge in [-0.15, -0.1) is 0 Å². The maximum absolute atomic E-state index is 13.6. The van der Waals surface area contributed by atoms with Gasteiger partial charge in [0.2, 0.25) is 0 Å². The fourth-order valence-electron chi connectivity index (χ4n) is 2.45. The summed E-state index contributed by atoms with van der Waals surface area (Å²) in [6.07, 6.45) is -11.2. The molecule has 0 spiro atoms. The molecule has 0 aliphatic carbocycles. The first-order chi connectivity index (χ1) is 12.5. The van der Waals surface area contributed by atoms with Crippen LogP contribution >= 0.6 is 23.4 Å². The van der Waals surface area contributed by atoms with Crippen molar-refractivity contribution in [2.24, 2.45) is 4.99 Å². The van der Waals surface area contributed by atoms with Crippen LogP contribution in [-0.2, 0) is 0 Å². The number of nitrogens with zero attached hydrogens (tertiary/aromatic N) is 1. The van der Waals surface area contributed by atoms with E-state index >= 15 is 0 Å². The minimum atomic E-state index is -5.66. The summed E-state index contributed by atoms with van der Waals surface area (Å²) in [7, 11) is 0. The van der Waals surface area contributed by atoms with Crippen LogP contribution in [0.3, 0.4) is 0 Å². The Hall–Kier alpha value is -1.93. The summed E-state index contributed by atoms with van der Waals surface area (Å²) < 4.78 is 81.8. The number of halogens is 7. The van der Waals surface area contributed by atoms with Crippen LogP contribution in [0.5, 0.6) is 0 Å². The van der Waals surface area contributed by atoms with Crippen LogP contribution in [0.2, 0.25) is 5.02 Å². The van der Waals surface area contributed by atoms with Gasteiger partial charge in [0, 0.05) is 15.5 Å². The highest BCUT2D eigenvalue weighted by Crippen LogP contribution is 2.53. The molecule has 0 atom stereocenters. The lowest BCUT2D eigenvalue weighted by Crippen LogP contribution is -2.55. The Balaban J connectivity index is 2.24. The van der Waals surface area contributed by atoms with Gasteiger partial charge in [-0.1, -0.05) is 65.8 Å². The van der Waals surface area contributed by atoms with Crippen LogP contribution in [0.25, 0.3) is 4.91 Å². The molecule has 1 heterocycles. The Kier molecular flexibility index (Phi) is 5.07. The van der Waals surface area contributed by atoms with E-state index in [9.17, 15) is 26.3 Å². The maximum atomic E-state index is 13.6. The molecule has 3 rings (SSSR count). The lowest BCUT2D eigenvalue weighted by atomic mass is 9.96. The molecule has 0 saturated carbocycles. The third kappa shape index (κ3) is 3.73. The highest BCUT2D eigenvalue weighted by atomic mass is 35.5. The fourth-order valence-corrected chi connectivity index (χ4v) is 3.71. The molecule has 9 heteroatoms. The Morgan fingerprint density at radius 2 is 1.33 bits per heavy atom. The van der Waals surface area contributed by atoms with Crippen molar-refractivity contribution in [1.29, 1.82) is 0 Å². The van der Waals surface area contributed by atoms with E-state index in [4.69, 9.17) is 11.6 Å². The monoisotopic (exact) mass is 421 g/mol. The van der Waals surface area contributed by atoms with Crippen molar-refractivity contribution in [1.82, 2.24) is 0 Å². The van der Waals surface area contributed by atoms with Crippen molar-refractivity contribution in [2.75, 3.05) is 0 Å². The molecule has 1 aliphatic rings. The molecule has 2 aromatic rings. The predicted octanol–water partition coefficient (Wildman–Crippen LogP) is 6.74. The molecular weight excluding hydrogens is 412 g/mol. The molecule has 1 aliphatic heterocycles. The van der Waals surface area contributed by atoms with Crippen molar-refractivity contribution in [2.45, 2.75) is 17.9 Å². The highest BCUT2D eigenvalue weighted by Gasteiger charge is 2.71. The average molecular weight is 422 g/mol. The summed E-state index contributed by atoms with van der Waals surface area (Å²) in [6.45, 7) is 0. The lowest BCUT2D eigenvalue weighted by molar-refractivity contribution is -0.278. The Morgan fingerprint density at radius 3 is 1.85 bits per heavy atom. The summed E-state index contributed by atoms with van der Waals surface area (Å²) in [6, 6.07) is 13.0. The number of thioether (sulfide) groups is 1. The Labute approximate surface area is 159 Å². The van der Waals surface area contributed by atoms with E-state index in [1.165, 1.54) is 48.5 Å². The summed E-state index contributed by atoms with van der Waals surface area (Å²) in [4.78, 5) is 2.95. The van der Waals surface area contributed by atoms with Gasteiger partial charge >= 0.3 is 12.4 Å². The van der Waals surface area contributed by atoms with E-state index in [-0.39, 0.29) is 27.2 Å². The van der Waals surface area contributed by atoms with E-state index in [0.29, 0.717) is 5.02 Å². The zero-order valence-electron chi connectivity index (χ0n) is 13.3. The summed E-state index contributed by atoms with van der Waals surface area (Å²) in [5.41, 5.74) is -3.98. The lowest BCUT2D eigenvalue weighted by Gasteiger charge is -2.35. The molecule has 142 valence electrons. The average Bonchev–Trinajstić information content (AvgIpc) is 2.61. The smallest absolute Gasteiger partial charge is 0.248 e. The molecule has 0 amide bonds. The maximum Gasteiger partial charge on any atom is 0.426 e. The molecular formula is C18H10ClF6NS. The fraction of sp³-hybridized carbons (Fsp3) is 0.167. The van der Waals surface area contributed by atoms with Crippen LogP contribution < -0.4 is 0 Å². The third-order valence-corrected chi connectivity index (χ3v) is 5.18. The van der Waals surface area contributed by atoms with E-state index in [0.717, 1.165) is 11.8 Å². The zero-order chi connectivity index (χ0) is 19.9. The van der Waals surface area contributed by atoms with Crippen molar-refractivity contribution < 1.29 is 26.3 Å². The second kappa shape index (κ2) is 6.91. The minimum absolute atomic E-state index is 0.132. The van der Waals surface area contributed by atoms with E-state index in [1.54, 1.807) is 6.07 Å². The van der Waals surface area contributed by atoms with Gasteiger partial charge in [0.05, 0.1) is 0 Å². The van der Waals surface area contributed by atoms with Crippen LogP contribution in [0.15, 0.2) is 65.7 Å². The molecule has 0 aromatic heterocycles. The molecule has 0 fully saturated rings. The first kappa shape index (κ1) is 19.8. The molecule has 0 unspecified atom stereocenters. The van der Waals surface area contributed by atoms with Gasteiger partial charge < -0.3 is 0 Å². The number of rotatable bonds is 2. The number of alkyl halides is 6. The van der Waals surface area contributed by atoms with Gasteiger partial charge in [0.1, 0.15) is 5.04 Å². The van der Waals surface area contributed by atoms with Gasteiger partial charge in [-0.25, -0.2) is 4.99 Å². The van der Waals surface area contributed by atoms with Crippen LogP contribution in [0, 0.1) is 0 Å². The van der Waals surface area contributed by atoms with Gasteiger partial charge in [0.15, 0.2) is 0 Å². The second-order valence-electron chi connectivity index (χ2n) is 5.66. The standard InChI is InChI=1S/C18H10ClF6NS/c19-13-8-6-11(7-9-13)14-10-16(17(20,21)22,18(23,24)25)26-15(27-14)12-4-2-1-3-5-12/h1-10H. The van der Waals surface area contributed by atoms with Crippen LogP contribution in [0.1, 0.15) is 11.1 Å². The molecule has 0 saturated heterocycles. The van der Waals surface area contributed by atoms with E-state index in [1.807, 2.05) is 0 Å². The van der Waals surface area contributed by atoms with Gasteiger partial charge in [-0.3, -0.25) is 0 Å². The van der Waals surface area contributed by atoms with Crippen molar-refractivity contribution in [3.63, 3.8) is 0 Å². The van der Waals surface area contributed by atoms with Crippen molar-refractivity contribution in [3.8, 4) is 0 Å². The van der Waals surface area contributed by atoms with Gasteiger partial charge in [-0.05, 0) is 23.8 Å². The van der Waals surface area contributed by atoms with E-state index < -0.39 is 17.9 Å². The van der Waals surface area contributed by atoms with Gasteiger partial charge in [0.25, 0.3) is 5.54 Å². The number of hydrogen-bond donors (Lipinski definition) is 0. The Bertz CT molecular complexity index is 871. The number of benzene rings is 2. The van der Waals surface area contributed by atoms with Gasteiger partial charge in [-0.2, -0.15) is 26.3 Å². The largest absolute Gasteiger partial charge is 0.426 e. The topological polar surface area (TPSA) is 12.4 Å². The zero-order valence-corrected chi connectivity index (χ0v) is 14.8. The summed E-state index contributed by atoms with van der Waals surface area (Å²) >= 11 is 6.51. The number of aliphatic imine (C=N–C) groups is 1. The first-order valence-electron chi connectivity index (χ1n) is 7.49. The van der Waals surface area contributed by atoms with Crippen molar-refractivity contribution >= 4 is 33.3 Å². The molecule has 0 bridgehead atoms. The van der Waals surface area contributed by atoms with Crippen LogP contribution in [0.4, 0.5) is 26.3 Å². The predicted molar refractivity (Wildman–Crippen MR) is 94.8 cm³/mol. The molecule has 2 aromatic carbocycles. The second-order valence-corrected chi connectivity index (χ2v) is 7.13. The first-order valence-corrected chi connectivity index (χ1v) is 8.68. The van der Waals surface area contributed by atoms with E-state index in [2.05, 4.69) is 4.99 Å². The van der Waals surface area contributed by atoms with Crippen molar-refractivity contribution in [3.05, 3.63) is 76.8 Å². The minimum Gasteiger partial charge on any atom is -0.248 e. The summed E-state index contributed by atoms with van der Waals surface area (Å²) in [5, 5.41) is -0.0484.